The van der Waals surface area contributed by atoms with E-state index in [1.807, 2.05) is 12.1 Å². The lowest BCUT2D eigenvalue weighted by Crippen LogP contribution is -2.36. The van der Waals surface area contributed by atoms with E-state index in [4.69, 9.17) is 4.74 Å². The summed E-state index contributed by atoms with van der Waals surface area (Å²) in [6.45, 7) is 15.6. The number of rotatable bonds is 15. The van der Waals surface area contributed by atoms with Gasteiger partial charge in [-0.3, -0.25) is 0 Å². The quantitative estimate of drug-likeness (QED) is 0.234. The Hall–Kier alpha value is -2.48. The number of benzene rings is 1. The first-order valence-electron chi connectivity index (χ1n) is 14.8. The van der Waals surface area contributed by atoms with Gasteiger partial charge in [0.15, 0.2) is 0 Å². The van der Waals surface area contributed by atoms with Gasteiger partial charge in [-0.25, -0.2) is 0 Å². The largest absolute Gasteiger partial charge is 0.508 e. The zero-order valence-electron chi connectivity index (χ0n) is 25.5. The second-order valence-electron chi connectivity index (χ2n) is 12.0. The standard InChI is InChI=1S/C36H54O2/c1-28(2)13-8-14-29(3)15-9-16-30(4)17-10-18-31(5)19-11-20-32(6)21-12-25-36(7)26-24-33-27-34(37)22-23-35(33)38-36/h13,15,17,19,21-23,27,37H,8-12,14,16,18,20,24-26H2,1-7H3. The van der Waals surface area contributed by atoms with Gasteiger partial charge in [0.2, 0.25) is 0 Å². The summed E-state index contributed by atoms with van der Waals surface area (Å²) in [4.78, 5) is 0. The summed E-state index contributed by atoms with van der Waals surface area (Å²) in [7, 11) is 0. The van der Waals surface area contributed by atoms with Crippen LogP contribution in [0.15, 0.2) is 76.4 Å². The molecule has 0 bridgehead atoms. The average Bonchev–Trinajstić information content (AvgIpc) is 2.84. The summed E-state index contributed by atoms with van der Waals surface area (Å²) < 4.78 is 6.32. The average molecular weight is 519 g/mol. The Morgan fingerprint density at radius 1 is 0.737 bits per heavy atom. The number of hydrogen-bond acceptors (Lipinski definition) is 2. The Morgan fingerprint density at radius 2 is 1.21 bits per heavy atom. The van der Waals surface area contributed by atoms with Gasteiger partial charge in [0.1, 0.15) is 17.1 Å². The predicted molar refractivity (Wildman–Crippen MR) is 166 cm³/mol. The normalized spacial score (nSPS) is 18.7. The number of phenols is 1. The molecule has 2 nitrogen and oxygen atoms in total. The van der Waals surface area contributed by atoms with Crippen LogP contribution in [0.3, 0.4) is 0 Å². The molecule has 1 heterocycles. The van der Waals surface area contributed by atoms with Crippen molar-refractivity contribution in [1.29, 1.82) is 0 Å². The maximum atomic E-state index is 9.69. The molecule has 0 saturated carbocycles. The smallest absolute Gasteiger partial charge is 0.123 e. The van der Waals surface area contributed by atoms with Crippen LogP contribution < -0.4 is 4.74 Å². The molecule has 2 heteroatoms. The first-order chi connectivity index (χ1) is 18.1. The molecule has 1 atom stereocenters. The first kappa shape index (κ1) is 31.7. The van der Waals surface area contributed by atoms with Crippen molar-refractivity contribution in [2.75, 3.05) is 0 Å². The molecular weight excluding hydrogens is 464 g/mol. The van der Waals surface area contributed by atoms with Gasteiger partial charge in [0.05, 0.1) is 0 Å². The van der Waals surface area contributed by atoms with Crippen LogP contribution in [-0.2, 0) is 6.42 Å². The lowest BCUT2D eigenvalue weighted by Gasteiger charge is -2.35. The van der Waals surface area contributed by atoms with Crippen molar-refractivity contribution in [2.24, 2.45) is 0 Å². The fourth-order valence-corrected chi connectivity index (χ4v) is 5.01. The fraction of sp³-hybridized carbons (Fsp3) is 0.556. The van der Waals surface area contributed by atoms with Crippen LogP contribution in [0.25, 0.3) is 0 Å². The molecule has 210 valence electrons. The molecular formula is C36H54O2. The fourth-order valence-electron chi connectivity index (χ4n) is 5.01. The van der Waals surface area contributed by atoms with E-state index < -0.39 is 0 Å². The molecule has 0 aromatic heterocycles. The molecule has 38 heavy (non-hydrogen) atoms. The summed E-state index contributed by atoms with van der Waals surface area (Å²) in [6, 6.07) is 5.46. The van der Waals surface area contributed by atoms with Crippen molar-refractivity contribution in [3.63, 3.8) is 0 Å². The van der Waals surface area contributed by atoms with Crippen LogP contribution in [0.4, 0.5) is 0 Å². The highest BCUT2D eigenvalue weighted by atomic mass is 16.5. The Kier molecular flexibility index (Phi) is 13.8. The minimum atomic E-state index is -0.122. The van der Waals surface area contributed by atoms with E-state index in [1.54, 1.807) is 6.07 Å². The first-order valence-corrected chi connectivity index (χ1v) is 14.8. The molecule has 2 rings (SSSR count). The third-order valence-corrected chi connectivity index (χ3v) is 7.68. The van der Waals surface area contributed by atoms with Crippen LogP contribution >= 0.6 is 0 Å². The van der Waals surface area contributed by atoms with E-state index in [9.17, 15) is 5.11 Å². The van der Waals surface area contributed by atoms with E-state index in [-0.39, 0.29) is 5.60 Å². The molecule has 0 spiro atoms. The number of ether oxygens (including phenoxy) is 1. The molecule has 0 radical (unpaired) electrons. The minimum Gasteiger partial charge on any atom is -0.508 e. The second-order valence-corrected chi connectivity index (χ2v) is 12.0. The molecule has 1 unspecified atom stereocenters. The van der Waals surface area contributed by atoms with E-state index in [1.165, 1.54) is 40.7 Å². The molecule has 1 aromatic carbocycles. The summed E-state index contributed by atoms with van der Waals surface area (Å²) in [5, 5.41) is 9.69. The van der Waals surface area contributed by atoms with Crippen LogP contribution in [0.2, 0.25) is 0 Å². The van der Waals surface area contributed by atoms with Gasteiger partial charge < -0.3 is 9.84 Å². The molecule has 0 amide bonds. The summed E-state index contributed by atoms with van der Waals surface area (Å²) in [5.74, 6) is 1.26. The van der Waals surface area contributed by atoms with Gasteiger partial charge in [-0.2, -0.15) is 0 Å². The molecule has 1 aliphatic rings. The van der Waals surface area contributed by atoms with Crippen molar-refractivity contribution in [1.82, 2.24) is 0 Å². The molecule has 0 saturated heterocycles. The third kappa shape index (κ3) is 12.9. The lowest BCUT2D eigenvalue weighted by molar-refractivity contribution is 0.0570. The van der Waals surface area contributed by atoms with E-state index in [0.29, 0.717) is 5.75 Å². The van der Waals surface area contributed by atoms with E-state index in [2.05, 4.69) is 78.8 Å². The SMILES string of the molecule is CC(C)=CCCC(C)=CCCC(C)=CCCC(C)=CCCC(C)=CCCC1(C)CCc2cc(O)ccc2O1. The zero-order valence-corrected chi connectivity index (χ0v) is 25.5. The predicted octanol–water partition coefficient (Wildman–Crippen LogP) is 11.1. The monoisotopic (exact) mass is 518 g/mol. The van der Waals surface area contributed by atoms with Crippen molar-refractivity contribution >= 4 is 0 Å². The maximum absolute atomic E-state index is 9.69. The minimum absolute atomic E-state index is 0.122. The Morgan fingerprint density at radius 3 is 1.71 bits per heavy atom. The Bertz CT molecular complexity index is 1030. The van der Waals surface area contributed by atoms with Crippen LogP contribution in [0, 0.1) is 0 Å². The number of allylic oxidation sites excluding steroid dienone is 10. The summed E-state index contributed by atoms with van der Waals surface area (Å²) in [5.41, 5.74) is 8.42. The summed E-state index contributed by atoms with van der Waals surface area (Å²) in [6.07, 6.45) is 25.3. The number of aryl methyl sites for hydroxylation is 1. The van der Waals surface area contributed by atoms with Crippen LogP contribution in [-0.4, -0.2) is 10.7 Å². The van der Waals surface area contributed by atoms with Gasteiger partial charge >= 0.3 is 0 Å². The molecule has 0 fully saturated rings. The van der Waals surface area contributed by atoms with Gasteiger partial charge in [-0.15, -0.1) is 0 Å². The second kappa shape index (κ2) is 16.5. The van der Waals surface area contributed by atoms with Crippen LogP contribution in [0.1, 0.15) is 125 Å². The number of aromatic hydroxyl groups is 1. The Balaban J connectivity index is 1.63. The van der Waals surface area contributed by atoms with Gasteiger partial charge in [-0.1, -0.05) is 58.2 Å². The van der Waals surface area contributed by atoms with Crippen molar-refractivity contribution in [3.05, 3.63) is 82.0 Å². The number of phenolic OH excluding ortho intramolecular Hbond substituents is 1. The lowest BCUT2D eigenvalue weighted by atomic mass is 9.88. The molecule has 1 N–H and O–H groups in total. The van der Waals surface area contributed by atoms with Gasteiger partial charge in [0, 0.05) is 0 Å². The molecule has 0 aliphatic carbocycles. The number of fused-ring (bicyclic) bond motifs is 1. The third-order valence-electron chi connectivity index (χ3n) is 7.68. The van der Waals surface area contributed by atoms with E-state index >= 15 is 0 Å². The molecule has 1 aromatic rings. The molecule has 1 aliphatic heterocycles. The van der Waals surface area contributed by atoms with Crippen molar-refractivity contribution in [3.8, 4) is 11.5 Å². The topological polar surface area (TPSA) is 29.5 Å². The Labute approximate surface area is 234 Å². The summed E-state index contributed by atoms with van der Waals surface area (Å²) >= 11 is 0. The number of hydrogen-bond donors (Lipinski definition) is 1. The highest BCUT2D eigenvalue weighted by Crippen LogP contribution is 2.37. The van der Waals surface area contributed by atoms with E-state index in [0.717, 1.165) is 75.5 Å². The van der Waals surface area contributed by atoms with Gasteiger partial charge in [0.25, 0.3) is 0 Å². The van der Waals surface area contributed by atoms with Crippen LogP contribution in [0.5, 0.6) is 11.5 Å². The maximum Gasteiger partial charge on any atom is 0.123 e. The highest BCUT2D eigenvalue weighted by Gasteiger charge is 2.30. The highest BCUT2D eigenvalue weighted by molar-refractivity contribution is 5.41. The van der Waals surface area contributed by atoms with Gasteiger partial charge in [-0.05, 0) is 149 Å². The zero-order chi connectivity index (χ0) is 28.0. The van der Waals surface area contributed by atoms with Crippen molar-refractivity contribution < 1.29 is 9.84 Å². The van der Waals surface area contributed by atoms with Crippen molar-refractivity contribution in [2.45, 2.75) is 131 Å².